The molecule has 3 unspecified atom stereocenters. The molecule has 1 aromatic rings. The molecule has 0 aliphatic carbocycles. The molecule has 3 aliphatic heterocycles. The van der Waals surface area contributed by atoms with Crippen LogP contribution in [0.25, 0.3) is 0 Å². The van der Waals surface area contributed by atoms with E-state index < -0.39 is 34.3 Å². The van der Waals surface area contributed by atoms with E-state index in [1.54, 1.807) is 12.1 Å². The number of alkyl halides is 1. The average Bonchev–Trinajstić information content (AvgIpc) is 3.01. The Morgan fingerprint density at radius 1 is 1.23 bits per heavy atom. The van der Waals surface area contributed by atoms with Crippen LogP contribution in [-0.4, -0.2) is 73.6 Å². The van der Waals surface area contributed by atoms with Crippen molar-refractivity contribution in [3.8, 4) is 0 Å². The molecule has 3 aliphatic rings. The van der Waals surface area contributed by atoms with Crippen molar-refractivity contribution in [2.45, 2.75) is 50.7 Å². The average molecular weight is 453 g/mol. The van der Waals surface area contributed by atoms with Gasteiger partial charge in [0.05, 0.1) is 6.26 Å². The molecule has 168 valence electrons. The van der Waals surface area contributed by atoms with E-state index in [1.165, 1.54) is 4.90 Å². The highest BCUT2D eigenvalue weighted by atomic mass is 32.2. The van der Waals surface area contributed by atoms with Crippen LogP contribution in [0.5, 0.6) is 0 Å². The number of hydrogen-bond donors (Lipinski definition) is 1. The number of nitrogens with one attached hydrogen (secondary N) is 1. The molecular weight excluding hydrogens is 429 g/mol. The second-order valence-corrected chi connectivity index (χ2v) is 9.82. The highest BCUT2D eigenvalue weighted by molar-refractivity contribution is 7.86. The van der Waals surface area contributed by atoms with Gasteiger partial charge in [-0.25, -0.2) is 4.39 Å². The number of benzene rings is 1. The summed E-state index contributed by atoms with van der Waals surface area (Å²) in [5.41, 5.74) is 2.16. The fourth-order valence-electron chi connectivity index (χ4n) is 4.46. The monoisotopic (exact) mass is 453 g/mol. The second-order valence-electron chi connectivity index (χ2n) is 8.22. The molecule has 31 heavy (non-hydrogen) atoms. The lowest BCUT2D eigenvalue weighted by molar-refractivity contribution is -0.136. The van der Waals surface area contributed by atoms with Crippen molar-refractivity contribution in [2.24, 2.45) is 0 Å². The van der Waals surface area contributed by atoms with E-state index in [0.29, 0.717) is 18.7 Å². The minimum Gasteiger partial charge on any atom is -0.322 e. The zero-order valence-electron chi connectivity index (χ0n) is 17.0. The third kappa shape index (κ3) is 4.63. The van der Waals surface area contributed by atoms with Gasteiger partial charge in [-0.05, 0) is 30.0 Å². The fraction of sp³-hybridized carbons (Fsp3) is 0.550. The fourth-order valence-corrected chi connectivity index (χ4v) is 5.13. The highest BCUT2D eigenvalue weighted by Crippen LogP contribution is 2.31. The Morgan fingerprint density at radius 3 is 2.68 bits per heavy atom. The molecule has 11 heteroatoms. The predicted octanol–water partition coefficient (Wildman–Crippen LogP) is 0.336. The molecule has 0 aromatic heterocycles. The molecule has 3 atom stereocenters. The zero-order valence-corrected chi connectivity index (χ0v) is 17.9. The maximum Gasteiger partial charge on any atom is 0.264 e. The molecule has 9 nitrogen and oxygen atoms in total. The van der Waals surface area contributed by atoms with Gasteiger partial charge in [0, 0.05) is 38.2 Å². The van der Waals surface area contributed by atoms with Crippen LogP contribution in [0, 0.1) is 0 Å². The third-order valence-electron chi connectivity index (χ3n) is 5.94. The molecular formula is C20H24FN3O6S. The first-order chi connectivity index (χ1) is 14.6. The number of carbonyl (C=O) groups excluding carboxylic acids is 3. The minimum absolute atomic E-state index is 0.0225. The van der Waals surface area contributed by atoms with Crippen LogP contribution in [0.15, 0.2) is 18.2 Å². The summed E-state index contributed by atoms with van der Waals surface area (Å²) in [7, 11) is -3.73. The van der Waals surface area contributed by atoms with E-state index in [2.05, 4.69) is 5.32 Å². The van der Waals surface area contributed by atoms with E-state index in [4.69, 9.17) is 4.18 Å². The standard InChI is InChI=1S/C20H24FN3O6S/c1-31(28,29)30-17-7-8-23(11-15(17)21)9-12-3-2-4-13-14(12)10-24(20(13)27)16-5-6-18(25)22-19(16)26/h2-4,15-17H,5-11H2,1H3,(H,22,25,26). The van der Waals surface area contributed by atoms with Crippen LogP contribution in [0.1, 0.15) is 40.7 Å². The molecule has 0 spiro atoms. The first-order valence-electron chi connectivity index (χ1n) is 10.1. The lowest BCUT2D eigenvalue weighted by atomic mass is 10.0. The summed E-state index contributed by atoms with van der Waals surface area (Å²) >= 11 is 0. The maximum atomic E-state index is 14.5. The minimum atomic E-state index is -3.73. The van der Waals surface area contributed by atoms with Gasteiger partial charge in [-0.1, -0.05) is 12.1 Å². The number of likely N-dealkylation sites (tertiary alicyclic amines) is 1. The Hall–Kier alpha value is -2.37. The van der Waals surface area contributed by atoms with E-state index in [-0.39, 0.29) is 44.2 Å². The van der Waals surface area contributed by atoms with Gasteiger partial charge in [0.25, 0.3) is 16.0 Å². The SMILES string of the molecule is CS(=O)(=O)OC1CCN(Cc2cccc3c2CN(C2CCC(=O)NC2=O)C3=O)CC1F. The number of piperidine rings is 2. The summed E-state index contributed by atoms with van der Waals surface area (Å²) in [6, 6.07) is 4.64. The number of imide groups is 1. The third-order valence-corrected chi connectivity index (χ3v) is 6.53. The number of nitrogens with zero attached hydrogens (tertiary/aromatic N) is 2. The Morgan fingerprint density at radius 2 is 2.00 bits per heavy atom. The van der Waals surface area contributed by atoms with E-state index in [9.17, 15) is 27.2 Å². The quantitative estimate of drug-likeness (QED) is 0.505. The number of rotatable bonds is 5. The summed E-state index contributed by atoms with van der Waals surface area (Å²) in [6.45, 7) is 1.12. The Balaban J connectivity index is 1.46. The molecule has 0 bridgehead atoms. The van der Waals surface area contributed by atoms with Crippen molar-refractivity contribution >= 4 is 27.8 Å². The Labute approximate surface area is 179 Å². The maximum absolute atomic E-state index is 14.5. The van der Waals surface area contributed by atoms with Crippen LogP contribution < -0.4 is 5.32 Å². The normalized spacial score (nSPS) is 27.4. The van der Waals surface area contributed by atoms with Gasteiger partial charge >= 0.3 is 0 Å². The number of halogens is 1. The van der Waals surface area contributed by atoms with E-state index in [0.717, 1.165) is 17.4 Å². The zero-order chi connectivity index (χ0) is 22.3. The van der Waals surface area contributed by atoms with Gasteiger partial charge in [-0.3, -0.25) is 28.8 Å². The molecule has 1 aromatic carbocycles. The van der Waals surface area contributed by atoms with Crippen LogP contribution in [-0.2, 0) is 37.0 Å². The molecule has 0 radical (unpaired) electrons. The molecule has 2 saturated heterocycles. The second kappa shape index (κ2) is 8.29. The summed E-state index contributed by atoms with van der Waals surface area (Å²) in [6.07, 6.45) is -0.808. The first kappa shape index (κ1) is 21.8. The van der Waals surface area contributed by atoms with Gasteiger partial charge in [0.15, 0.2) is 0 Å². The van der Waals surface area contributed by atoms with Crippen molar-refractivity contribution in [3.63, 3.8) is 0 Å². The van der Waals surface area contributed by atoms with Crippen molar-refractivity contribution in [2.75, 3.05) is 19.3 Å². The van der Waals surface area contributed by atoms with Gasteiger partial charge in [-0.15, -0.1) is 0 Å². The number of amides is 3. The molecule has 3 amide bonds. The smallest absolute Gasteiger partial charge is 0.264 e. The number of hydrogen-bond acceptors (Lipinski definition) is 7. The van der Waals surface area contributed by atoms with E-state index >= 15 is 0 Å². The van der Waals surface area contributed by atoms with Crippen molar-refractivity contribution in [1.82, 2.24) is 15.1 Å². The predicted molar refractivity (Wildman–Crippen MR) is 107 cm³/mol. The summed E-state index contributed by atoms with van der Waals surface area (Å²) in [5.74, 6) is -1.06. The van der Waals surface area contributed by atoms with Gasteiger partial charge < -0.3 is 4.90 Å². The van der Waals surface area contributed by atoms with Crippen molar-refractivity contribution < 1.29 is 31.4 Å². The topological polar surface area (TPSA) is 113 Å². The van der Waals surface area contributed by atoms with Gasteiger partial charge in [0.2, 0.25) is 11.8 Å². The van der Waals surface area contributed by atoms with Gasteiger partial charge in [0.1, 0.15) is 18.3 Å². The number of carbonyl (C=O) groups is 3. The highest BCUT2D eigenvalue weighted by Gasteiger charge is 2.40. The Kier molecular flexibility index (Phi) is 5.84. The molecule has 2 fully saturated rings. The summed E-state index contributed by atoms with van der Waals surface area (Å²) in [4.78, 5) is 39.9. The van der Waals surface area contributed by atoms with Gasteiger partial charge in [-0.2, -0.15) is 8.42 Å². The van der Waals surface area contributed by atoms with Crippen molar-refractivity contribution in [1.29, 1.82) is 0 Å². The summed E-state index contributed by atoms with van der Waals surface area (Å²) in [5, 5.41) is 2.28. The van der Waals surface area contributed by atoms with E-state index in [1.807, 2.05) is 11.0 Å². The van der Waals surface area contributed by atoms with Crippen LogP contribution in [0.4, 0.5) is 4.39 Å². The molecule has 0 saturated carbocycles. The Bertz CT molecular complexity index is 1030. The van der Waals surface area contributed by atoms with Crippen LogP contribution >= 0.6 is 0 Å². The summed E-state index contributed by atoms with van der Waals surface area (Å²) < 4.78 is 41.9. The number of fused-ring (bicyclic) bond motifs is 1. The molecule has 4 rings (SSSR count). The molecule has 3 heterocycles. The lowest BCUT2D eigenvalue weighted by Gasteiger charge is -2.34. The van der Waals surface area contributed by atoms with Crippen LogP contribution in [0.3, 0.4) is 0 Å². The van der Waals surface area contributed by atoms with Crippen molar-refractivity contribution in [3.05, 3.63) is 34.9 Å². The molecule has 1 N–H and O–H groups in total. The van der Waals surface area contributed by atoms with Crippen LogP contribution in [0.2, 0.25) is 0 Å². The largest absolute Gasteiger partial charge is 0.322 e. The lowest BCUT2D eigenvalue weighted by Crippen LogP contribution is -2.52. The first-order valence-corrected chi connectivity index (χ1v) is 11.9.